The van der Waals surface area contributed by atoms with Crippen LogP contribution in [0.15, 0.2) is 24.3 Å². The van der Waals surface area contributed by atoms with Crippen LogP contribution in [0.3, 0.4) is 0 Å². The summed E-state index contributed by atoms with van der Waals surface area (Å²) in [5.74, 6) is 0.429. The molecule has 1 amide bonds. The van der Waals surface area contributed by atoms with Gasteiger partial charge in [-0.15, -0.1) is 11.6 Å². The lowest BCUT2D eigenvalue weighted by Gasteiger charge is -2.34. The molecule has 0 spiro atoms. The molecule has 0 bridgehead atoms. The topological polar surface area (TPSA) is 66.7 Å². The van der Waals surface area contributed by atoms with Gasteiger partial charge in [0, 0.05) is 56.3 Å². The number of alkyl halides is 1. The predicted molar refractivity (Wildman–Crippen MR) is 76.2 cm³/mol. The van der Waals surface area contributed by atoms with Crippen LogP contribution in [-0.2, 0) is 0 Å². The second-order valence-electron chi connectivity index (χ2n) is 4.63. The first-order chi connectivity index (χ1) is 9.61. The third kappa shape index (κ3) is 3.46. The van der Waals surface area contributed by atoms with E-state index in [-0.39, 0.29) is 11.6 Å². The van der Waals surface area contributed by atoms with E-state index >= 15 is 0 Å². The highest BCUT2D eigenvalue weighted by Gasteiger charge is 2.22. The molecule has 0 aliphatic carbocycles. The zero-order valence-corrected chi connectivity index (χ0v) is 11.8. The molecule has 1 heterocycles. The minimum Gasteiger partial charge on any atom is -0.336 e. The number of rotatable bonds is 4. The van der Waals surface area contributed by atoms with Gasteiger partial charge in [0.05, 0.1) is 4.92 Å². The fraction of sp³-hybridized carbons (Fsp3) is 0.462. The van der Waals surface area contributed by atoms with Crippen LogP contribution in [-0.4, -0.2) is 59.2 Å². The predicted octanol–water partition coefficient (Wildman–Crippen LogP) is 1.59. The second kappa shape index (κ2) is 6.67. The van der Waals surface area contributed by atoms with Crippen molar-refractivity contribution in [2.45, 2.75) is 0 Å². The van der Waals surface area contributed by atoms with Gasteiger partial charge in [0.1, 0.15) is 0 Å². The third-order valence-corrected chi connectivity index (χ3v) is 3.53. The maximum Gasteiger partial charge on any atom is 0.270 e. The standard InChI is InChI=1S/C13H16ClN3O3/c14-4-5-15-6-8-16(9-7-15)13(18)11-2-1-3-12(10-11)17(19)20/h1-3,10H,4-9H2. The molecule has 20 heavy (non-hydrogen) atoms. The Bertz CT molecular complexity index is 501. The largest absolute Gasteiger partial charge is 0.336 e. The van der Waals surface area contributed by atoms with Crippen molar-refractivity contribution < 1.29 is 9.72 Å². The van der Waals surface area contributed by atoms with Crippen molar-refractivity contribution in [3.8, 4) is 0 Å². The first kappa shape index (κ1) is 14.7. The molecule has 0 aromatic heterocycles. The van der Waals surface area contributed by atoms with Crippen LogP contribution in [0, 0.1) is 10.1 Å². The van der Waals surface area contributed by atoms with E-state index in [0.29, 0.717) is 24.5 Å². The zero-order chi connectivity index (χ0) is 14.5. The van der Waals surface area contributed by atoms with Gasteiger partial charge in [0.25, 0.3) is 11.6 Å². The van der Waals surface area contributed by atoms with E-state index in [1.807, 2.05) is 0 Å². The van der Waals surface area contributed by atoms with Crippen molar-refractivity contribution in [1.29, 1.82) is 0 Å². The number of non-ortho nitro benzene ring substituents is 1. The number of nitrogens with zero attached hydrogens (tertiary/aromatic N) is 3. The van der Waals surface area contributed by atoms with Crippen molar-refractivity contribution in [2.24, 2.45) is 0 Å². The molecule has 1 saturated heterocycles. The minimum absolute atomic E-state index is 0.0587. The summed E-state index contributed by atoms with van der Waals surface area (Å²) in [6.07, 6.45) is 0. The van der Waals surface area contributed by atoms with Gasteiger partial charge in [0.2, 0.25) is 0 Å². The van der Waals surface area contributed by atoms with Crippen molar-refractivity contribution >= 4 is 23.2 Å². The summed E-state index contributed by atoms with van der Waals surface area (Å²) in [7, 11) is 0. The van der Waals surface area contributed by atoms with E-state index in [2.05, 4.69) is 4.90 Å². The molecule has 1 fully saturated rings. The van der Waals surface area contributed by atoms with Crippen LogP contribution in [0.5, 0.6) is 0 Å². The van der Waals surface area contributed by atoms with E-state index < -0.39 is 4.92 Å². The van der Waals surface area contributed by atoms with Crippen molar-refractivity contribution in [3.05, 3.63) is 39.9 Å². The average Bonchev–Trinajstić information content (AvgIpc) is 2.48. The van der Waals surface area contributed by atoms with E-state index in [1.54, 1.807) is 11.0 Å². The summed E-state index contributed by atoms with van der Waals surface area (Å²) in [6.45, 7) is 3.64. The zero-order valence-electron chi connectivity index (χ0n) is 11.0. The van der Waals surface area contributed by atoms with Crippen LogP contribution in [0.4, 0.5) is 5.69 Å². The molecule has 0 unspecified atom stereocenters. The fourth-order valence-corrected chi connectivity index (χ4v) is 2.47. The number of carbonyl (C=O) groups is 1. The number of amides is 1. The Hall–Kier alpha value is -1.66. The molecule has 0 atom stereocenters. The molecule has 108 valence electrons. The lowest BCUT2D eigenvalue weighted by atomic mass is 10.1. The molecule has 0 saturated carbocycles. The highest BCUT2D eigenvalue weighted by molar-refractivity contribution is 6.18. The second-order valence-corrected chi connectivity index (χ2v) is 5.01. The molecule has 1 aliphatic heterocycles. The van der Waals surface area contributed by atoms with Crippen molar-refractivity contribution in [2.75, 3.05) is 38.6 Å². The number of hydrogen-bond acceptors (Lipinski definition) is 4. The van der Waals surface area contributed by atoms with Crippen LogP contribution in [0.1, 0.15) is 10.4 Å². The molecule has 0 radical (unpaired) electrons. The normalized spacial score (nSPS) is 16.1. The van der Waals surface area contributed by atoms with Gasteiger partial charge in [-0.05, 0) is 6.07 Å². The smallest absolute Gasteiger partial charge is 0.270 e. The van der Waals surface area contributed by atoms with E-state index in [1.165, 1.54) is 18.2 Å². The molecule has 6 nitrogen and oxygen atoms in total. The van der Waals surface area contributed by atoms with Crippen molar-refractivity contribution in [1.82, 2.24) is 9.80 Å². The molecule has 2 rings (SSSR count). The first-order valence-electron chi connectivity index (χ1n) is 6.44. The lowest BCUT2D eigenvalue weighted by Crippen LogP contribution is -2.49. The minimum atomic E-state index is -0.491. The van der Waals surface area contributed by atoms with Gasteiger partial charge in [-0.1, -0.05) is 6.07 Å². The van der Waals surface area contributed by atoms with E-state index in [0.717, 1.165) is 19.6 Å². The summed E-state index contributed by atoms with van der Waals surface area (Å²) in [4.78, 5) is 26.5. The van der Waals surface area contributed by atoms with Crippen LogP contribution < -0.4 is 0 Å². The Morgan fingerprint density at radius 1 is 1.30 bits per heavy atom. The molecule has 1 aliphatic rings. The summed E-state index contributed by atoms with van der Waals surface area (Å²) in [6, 6.07) is 5.86. The van der Waals surface area contributed by atoms with E-state index in [4.69, 9.17) is 11.6 Å². The molecule has 0 N–H and O–H groups in total. The number of benzene rings is 1. The Morgan fingerprint density at radius 2 is 2.00 bits per heavy atom. The van der Waals surface area contributed by atoms with Gasteiger partial charge in [-0.3, -0.25) is 19.8 Å². The number of carbonyl (C=O) groups excluding carboxylic acids is 1. The van der Waals surface area contributed by atoms with Crippen molar-refractivity contribution in [3.63, 3.8) is 0 Å². The van der Waals surface area contributed by atoms with E-state index in [9.17, 15) is 14.9 Å². The first-order valence-corrected chi connectivity index (χ1v) is 6.97. The average molecular weight is 298 g/mol. The molecular formula is C13H16ClN3O3. The Morgan fingerprint density at radius 3 is 2.60 bits per heavy atom. The van der Waals surface area contributed by atoms with Gasteiger partial charge in [-0.25, -0.2) is 0 Å². The SMILES string of the molecule is O=C(c1cccc([N+](=O)[O-])c1)N1CCN(CCCl)CC1. The number of piperazine rings is 1. The molecule has 1 aromatic rings. The van der Waals surface area contributed by atoms with Crippen LogP contribution >= 0.6 is 11.6 Å². The quantitative estimate of drug-likeness (QED) is 0.481. The highest BCUT2D eigenvalue weighted by Crippen LogP contribution is 2.15. The van der Waals surface area contributed by atoms with Gasteiger partial charge in [-0.2, -0.15) is 0 Å². The van der Waals surface area contributed by atoms with Gasteiger partial charge >= 0.3 is 0 Å². The fourth-order valence-electron chi connectivity index (χ4n) is 2.23. The molecular weight excluding hydrogens is 282 g/mol. The third-order valence-electron chi connectivity index (χ3n) is 3.36. The maximum atomic E-state index is 12.3. The summed E-state index contributed by atoms with van der Waals surface area (Å²) >= 11 is 5.69. The lowest BCUT2D eigenvalue weighted by molar-refractivity contribution is -0.384. The Balaban J connectivity index is 2.02. The summed E-state index contributed by atoms with van der Waals surface area (Å²) in [5, 5.41) is 10.7. The van der Waals surface area contributed by atoms with Crippen LogP contribution in [0.25, 0.3) is 0 Å². The van der Waals surface area contributed by atoms with Gasteiger partial charge < -0.3 is 4.90 Å². The molecule has 7 heteroatoms. The Kier molecular flexibility index (Phi) is 4.92. The van der Waals surface area contributed by atoms with Gasteiger partial charge in [0.15, 0.2) is 0 Å². The Labute approximate surface area is 122 Å². The number of halogens is 1. The number of nitro benzene ring substituents is 1. The monoisotopic (exact) mass is 297 g/mol. The summed E-state index contributed by atoms with van der Waals surface area (Å²) in [5.41, 5.74) is 0.307. The van der Waals surface area contributed by atoms with Crippen LogP contribution in [0.2, 0.25) is 0 Å². The summed E-state index contributed by atoms with van der Waals surface area (Å²) < 4.78 is 0. The number of hydrogen-bond donors (Lipinski definition) is 0. The molecule has 1 aromatic carbocycles. The maximum absolute atomic E-state index is 12.3. The number of nitro groups is 1. The highest BCUT2D eigenvalue weighted by atomic mass is 35.5.